The van der Waals surface area contributed by atoms with Crippen LogP contribution in [0.5, 0.6) is 0 Å². The number of likely N-dealkylation sites (tertiary alicyclic amines) is 1. The minimum Gasteiger partial charge on any atom is -0.383 e. The van der Waals surface area contributed by atoms with Crippen molar-refractivity contribution in [2.75, 3.05) is 37.4 Å². The third-order valence-electron chi connectivity index (χ3n) is 7.21. The zero-order valence-corrected chi connectivity index (χ0v) is 23.2. The number of hydrogen-bond acceptors (Lipinski definition) is 10. The third kappa shape index (κ3) is 6.04. The maximum absolute atomic E-state index is 12.8. The number of ether oxygens (including phenoxy) is 1. The molecule has 0 spiro atoms. The molecule has 1 saturated heterocycles. The molecule has 5 rings (SSSR count). The summed E-state index contributed by atoms with van der Waals surface area (Å²) < 4.78 is 8.61. The van der Waals surface area contributed by atoms with Crippen molar-refractivity contribution in [1.82, 2.24) is 45.1 Å². The number of amides is 1. The van der Waals surface area contributed by atoms with Crippen molar-refractivity contribution in [3.63, 3.8) is 0 Å². The van der Waals surface area contributed by atoms with Crippen LogP contribution in [-0.2, 0) is 23.1 Å². The molecule has 2 aliphatic rings. The van der Waals surface area contributed by atoms with Gasteiger partial charge in [0.1, 0.15) is 0 Å². The standard InChI is InChI=1S/C26H37N11O2/c1-17-21(11-18(12-27-17)30-22(38)16-36-8-6-7-26(36,2)3)32-23-20-14-28-25(33-24(20)35(4)34-23)31-19-13-29-37(15-19)9-10-39-5/h11-15,17,27H,6-10,16H2,1-5H3,(H,30,38)(H,32,34)(H,28,31,33). The van der Waals surface area contributed by atoms with Crippen LogP contribution in [0.3, 0.4) is 0 Å². The summed E-state index contributed by atoms with van der Waals surface area (Å²) in [5, 5.41) is 22.7. The first kappa shape index (κ1) is 26.6. The largest absolute Gasteiger partial charge is 0.383 e. The van der Waals surface area contributed by atoms with E-state index in [1.807, 2.05) is 32.4 Å². The average molecular weight is 536 g/mol. The van der Waals surface area contributed by atoms with Gasteiger partial charge in [-0.25, -0.2) is 9.67 Å². The van der Waals surface area contributed by atoms with Crippen molar-refractivity contribution in [2.45, 2.75) is 51.7 Å². The molecule has 13 nitrogen and oxygen atoms in total. The Kier molecular flexibility index (Phi) is 7.53. The number of methoxy groups -OCH3 is 1. The Morgan fingerprint density at radius 2 is 2.13 bits per heavy atom. The molecule has 0 bridgehead atoms. The van der Waals surface area contributed by atoms with Gasteiger partial charge in [-0.05, 0) is 46.2 Å². The zero-order chi connectivity index (χ0) is 27.6. The lowest BCUT2D eigenvalue weighted by Gasteiger charge is -2.31. The van der Waals surface area contributed by atoms with Crippen LogP contribution in [0.15, 0.2) is 42.3 Å². The number of allylic oxidation sites excluding steroid dienone is 1. The first-order valence-corrected chi connectivity index (χ1v) is 13.2. The van der Waals surface area contributed by atoms with E-state index in [0.29, 0.717) is 42.8 Å². The van der Waals surface area contributed by atoms with Gasteiger partial charge in [0.05, 0.1) is 48.7 Å². The SMILES string of the molecule is COCCn1cc(Nc2ncc3c(NC4=CC(NC(=O)CN5CCCC5(C)C)=CNC4C)nn(C)c3n2)cn1. The Morgan fingerprint density at radius 1 is 1.28 bits per heavy atom. The van der Waals surface area contributed by atoms with Crippen molar-refractivity contribution in [1.29, 1.82) is 0 Å². The van der Waals surface area contributed by atoms with Crippen molar-refractivity contribution < 1.29 is 9.53 Å². The number of aromatic nitrogens is 6. The molecule has 2 aliphatic heterocycles. The Morgan fingerprint density at radius 3 is 2.90 bits per heavy atom. The van der Waals surface area contributed by atoms with Gasteiger partial charge in [0, 0.05) is 44.0 Å². The summed E-state index contributed by atoms with van der Waals surface area (Å²) in [5.74, 6) is 1.06. The Balaban J connectivity index is 1.27. The molecule has 3 aromatic heterocycles. The summed E-state index contributed by atoms with van der Waals surface area (Å²) in [6, 6.07) is -0.00303. The lowest BCUT2D eigenvalue weighted by molar-refractivity contribution is -0.122. The summed E-state index contributed by atoms with van der Waals surface area (Å²) in [7, 11) is 3.50. The third-order valence-corrected chi connectivity index (χ3v) is 7.21. The number of aryl methyl sites for hydroxylation is 1. The van der Waals surface area contributed by atoms with E-state index in [0.717, 1.165) is 36.2 Å². The molecule has 1 atom stereocenters. The van der Waals surface area contributed by atoms with E-state index in [1.165, 1.54) is 0 Å². The van der Waals surface area contributed by atoms with Crippen LogP contribution < -0.4 is 21.3 Å². The minimum absolute atomic E-state index is 0.00303. The van der Waals surface area contributed by atoms with Gasteiger partial charge in [0.25, 0.3) is 0 Å². The van der Waals surface area contributed by atoms with E-state index in [1.54, 1.807) is 28.9 Å². The van der Waals surface area contributed by atoms with E-state index in [9.17, 15) is 4.79 Å². The van der Waals surface area contributed by atoms with Gasteiger partial charge in [0.15, 0.2) is 11.5 Å². The minimum atomic E-state index is -0.0240. The molecule has 13 heteroatoms. The van der Waals surface area contributed by atoms with Crippen LogP contribution in [-0.4, -0.2) is 78.7 Å². The highest BCUT2D eigenvalue weighted by atomic mass is 16.5. The topological polar surface area (TPSA) is 139 Å². The first-order valence-electron chi connectivity index (χ1n) is 13.2. The molecule has 1 unspecified atom stereocenters. The average Bonchev–Trinajstić information content (AvgIpc) is 3.57. The smallest absolute Gasteiger partial charge is 0.238 e. The number of hydrogen-bond donors (Lipinski definition) is 4. The predicted molar refractivity (Wildman–Crippen MR) is 149 cm³/mol. The number of anilines is 3. The fraction of sp³-hybridized carbons (Fsp3) is 0.500. The number of fused-ring (bicyclic) bond motifs is 1. The van der Waals surface area contributed by atoms with Gasteiger partial charge < -0.3 is 26.0 Å². The predicted octanol–water partition coefficient (Wildman–Crippen LogP) is 2.07. The molecule has 5 heterocycles. The Bertz CT molecular complexity index is 1400. The number of nitrogens with zero attached hydrogens (tertiary/aromatic N) is 7. The van der Waals surface area contributed by atoms with E-state index in [4.69, 9.17) is 4.74 Å². The van der Waals surface area contributed by atoms with Gasteiger partial charge in [-0.15, -0.1) is 0 Å². The molecule has 4 N–H and O–H groups in total. The fourth-order valence-corrected chi connectivity index (χ4v) is 4.88. The van der Waals surface area contributed by atoms with Crippen LogP contribution in [0.25, 0.3) is 11.0 Å². The zero-order valence-electron chi connectivity index (χ0n) is 23.2. The van der Waals surface area contributed by atoms with Gasteiger partial charge in [-0.1, -0.05) is 0 Å². The van der Waals surface area contributed by atoms with Crippen LogP contribution in [0.2, 0.25) is 0 Å². The van der Waals surface area contributed by atoms with Crippen molar-refractivity contribution in [3.8, 4) is 0 Å². The molecule has 0 radical (unpaired) electrons. The highest BCUT2D eigenvalue weighted by Crippen LogP contribution is 2.28. The van der Waals surface area contributed by atoms with E-state index in [2.05, 4.69) is 60.2 Å². The fourth-order valence-electron chi connectivity index (χ4n) is 4.88. The number of dihydropyridines is 1. The lowest BCUT2D eigenvalue weighted by atomic mass is 10.0. The first-order chi connectivity index (χ1) is 18.7. The second kappa shape index (κ2) is 11.0. The second-order valence-corrected chi connectivity index (χ2v) is 10.6. The summed E-state index contributed by atoms with van der Waals surface area (Å²) in [6.07, 6.45) is 11.3. The quantitative estimate of drug-likeness (QED) is 0.305. The van der Waals surface area contributed by atoms with Crippen molar-refractivity contribution in [2.24, 2.45) is 7.05 Å². The molecular weight excluding hydrogens is 498 g/mol. The van der Waals surface area contributed by atoms with E-state index < -0.39 is 0 Å². The molecule has 1 fully saturated rings. The molecule has 0 saturated carbocycles. The number of nitrogens with one attached hydrogen (secondary N) is 4. The van der Waals surface area contributed by atoms with Gasteiger partial charge >= 0.3 is 0 Å². The molecule has 1 amide bonds. The van der Waals surface area contributed by atoms with E-state index in [-0.39, 0.29) is 17.5 Å². The molecule has 39 heavy (non-hydrogen) atoms. The number of rotatable bonds is 10. The summed E-state index contributed by atoms with van der Waals surface area (Å²) in [4.78, 5) is 24.2. The molecule has 0 aromatic carbocycles. The van der Waals surface area contributed by atoms with Gasteiger partial charge in [-0.2, -0.15) is 15.2 Å². The maximum Gasteiger partial charge on any atom is 0.238 e. The molecule has 3 aromatic rings. The lowest BCUT2D eigenvalue weighted by Crippen LogP contribution is -2.45. The summed E-state index contributed by atoms with van der Waals surface area (Å²) in [6.45, 7) is 8.99. The Labute approximate surface area is 227 Å². The highest BCUT2D eigenvalue weighted by molar-refractivity contribution is 5.88. The maximum atomic E-state index is 12.8. The second-order valence-electron chi connectivity index (χ2n) is 10.6. The monoisotopic (exact) mass is 535 g/mol. The summed E-state index contributed by atoms with van der Waals surface area (Å²) >= 11 is 0. The van der Waals surface area contributed by atoms with Crippen molar-refractivity contribution in [3.05, 3.63) is 42.3 Å². The van der Waals surface area contributed by atoms with Crippen LogP contribution >= 0.6 is 0 Å². The normalized spacial score (nSPS) is 18.9. The molecule has 208 valence electrons. The number of carbonyl (C=O) groups excluding carboxylic acids is 1. The van der Waals surface area contributed by atoms with Gasteiger partial charge in [0.2, 0.25) is 11.9 Å². The number of carbonyl (C=O) groups is 1. The van der Waals surface area contributed by atoms with E-state index >= 15 is 0 Å². The van der Waals surface area contributed by atoms with Crippen LogP contribution in [0.4, 0.5) is 17.5 Å². The van der Waals surface area contributed by atoms with Crippen LogP contribution in [0, 0.1) is 0 Å². The molecule has 0 aliphatic carbocycles. The molecular formula is C26H37N11O2. The van der Waals surface area contributed by atoms with Gasteiger partial charge in [-0.3, -0.25) is 14.4 Å². The van der Waals surface area contributed by atoms with Crippen molar-refractivity contribution >= 4 is 34.4 Å². The van der Waals surface area contributed by atoms with Crippen LogP contribution in [0.1, 0.15) is 33.6 Å². The Hall–Kier alpha value is -3.97. The highest BCUT2D eigenvalue weighted by Gasteiger charge is 2.33. The summed E-state index contributed by atoms with van der Waals surface area (Å²) in [5.41, 5.74) is 3.09.